The summed E-state index contributed by atoms with van der Waals surface area (Å²) in [5, 5.41) is 6.37. The van der Waals surface area contributed by atoms with Gasteiger partial charge in [0.25, 0.3) is 5.56 Å². The van der Waals surface area contributed by atoms with Crippen LogP contribution in [0.5, 0.6) is 5.88 Å². The molecule has 2 aromatic heterocycles. The number of halogens is 1. The number of carbonyl (C=O) groups excluding carboxylic acids is 1. The first-order valence-corrected chi connectivity index (χ1v) is 8.86. The zero-order valence-electron chi connectivity index (χ0n) is 15.1. The first-order chi connectivity index (χ1) is 12.7. The van der Waals surface area contributed by atoms with E-state index >= 15 is 0 Å². The number of hydrogen-bond acceptors (Lipinski definition) is 5. The molecule has 3 atom stereocenters. The topological polar surface area (TPSA) is 85.3 Å². The van der Waals surface area contributed by atoms with E-state index in [0.29, 0.717) is 12.4 Å². The normalized spacial score (nSPS) is 22.9. The highest BCUT2D eigenvalue weighted by Gasteiger charge is 2.41. The van der Waals surface area contributed by atoms with Gasteiger partial charge in [-0.2, -0.15) is 0 Å². The quantitative estimate of drug-likeness (QED) is 0.820. The predicted molar refractivity (Wildman–Crippen MR) is 103 cm³/mol. The zero-order chi connectivity index (χ0) is 18.1. The van der Waals surface area contributed by atoms with Crippen molar-refractivity contribution in [1.82, 2.24) is 20.2 Å². The smallest absolute Gasteiger partial charge is 0.251 e. The van der Waals surface area contributed by atoms with E-state index in [1.165, 1.54) is 6.07 Å². The van der Waals surface area contributed by atoms with Crippen LogP contribution in [-0.2, 0) is 11.3 Å². The van der Waals surface area contributed by atoms with Gasteiger partial charge in [0.1, 0.15) is 6.04 Å². The molecule has 27 heavy (non-hydrogen) atoms. The number of pyridine rings is 2. The van der Waals surface area contributed by atoms with Crippen LogP contribution in [0.3, 0.4) is 0 Å². The molecule has 0 aromatic carbocycles. The molecule has 0 spiro atoms. The minimum atomic E-state index is -0.478. The number of ether oxygens (including phenoxy) is 1. The molecule has 2 aromatic rings. The Morgan fingerprint density at radius 1 is 1.33 bits per heavy atom. The van der Waals surface area contributed by atoms with E-state index in [2.05, 4.69) is 15.6 Å². The summed E-state index contributed by atoms with van der Waals surface area (Å²) < 4.78 is 6.74. The van der Waals surface area contributed by atoms with Crippen LogP contribution in [0.25, 0.3) is 0 Å². The lowest BCUT2D eigenvalue weighted by Gasteiger charge is -2.42. The zero-order valence-corrected chi connectivity index (χ0v) is 15.9. The van der Waals surface area contributed by atoms with E-state index in [9.17, 15) is 9.59 Å². The molecule has 2 N–H and O–H groups in total. The Morgan fingerprint density at radius 2 is 2.19 bits per heavy atom. The lowest BCUT2D eigenvalue weighted by atomic mass is 9.79. The van der Waals surface area contributed by atoms with E-state index in [1.807, 2.05) is 12.1 Å². The lowest BCUT2D eigenvalue weighted by Crippen LogP contribution is -2.52. The maximum absolute atomic E-state index is 13.0. The second-order valence-corrected chi connectivity index (χ2v) is 6.88. The number of methoxy groups -OCH3 is 1. The standard InChI is InChI=1S/C19H22N4O3.ClH/c1-26-16-6-5-12(8-21-16)9-22-19(25)18-14-7-13(10-20-11-14)15-3-2-4-17(24)23(15)18;/h2-6,8,13-14,18,20H,7,9-11H2,1H3,(H,22,25);1H/t13-,14+,18-;/m1./s1. The maximum atomic E-state index is 13.0. The average molecular weight is 391 g/mol. The molecule has 144 valence electrons. The number of amides is 1. The van der Waals surface area contributed by atoms with Crippen LogP contribution in [0.1, 0.15) is 29.6 Å². The van der Waals surface area contributed by atoms with Gasteiger partial charge in [0.2, 0.25) is 11.8 Å². The Labute approximate surface area is 163 Å². The van der Waals surface area contributed by atoms with Gasteiger partial charge in [0, 0.05) is 55.5 Å². The fourth-order valence-electron chi connectivity index (χ4n) is 4.06. The molecule has 1 saturated heterocycles. The van der Waals surface area contributed by atoms with E-state index in [0.717, 1.165) is 30.8 Å². The summed E-state index contributed by atoms with van der Waals surface area (Å²) >= 11 is 0. The molecular formula is C19H23ClN4O3. The molecule has 8 heteroatoms. The molecule has 0 saturated carbocycles. The van der Waals surface area contributed by atoms with Crippen molar-refractivity contribution >= 4 is 18.3 Å². The summed E-state index contributed by atoms with van der Waals surface area (Å²) in [7, 11) is 1.56. The number of carbonyl (C=O) groups is 1. The molecular weight excluding hydrogens is 368 g/mol. The van der Waals surface area contributed by atoms with E-state index in [4.69, 9.17) is 4.74 Å². The van der Waals surface area contributed by atoms with Crippen molar-refractivity contribution in [1.29, 1.82) is 0 Å². The van der Waals surface area contributed by atoms with Gasteiger partial charge in [0.15, 0.2) is 0 Å². The number of piperidine rings is 1. The van der Waals surface area contributed by atoms with Crippen LogP contribution < -0.4 is 20.9 Å². The van der Waals surface area contributed by atoms with Crippen molar-refractivity contribution in [3.05, 3.63) is 58.1 Å². The first-order valence-electron chi connectivity index (χ1n) is 8.86. The number of fused-ring (bicyclic) bond motifs is 4. The number of hydrogen-bond donors (Lipinski definition) is 2. The number of aromatic nitrogens is 2. The van der Waals surface area contributed by atoms with Gasteiger partial charge in [-0.05, 0) is 18.1 Å². The van der Waals surface area contributed by atoms with Gasteiger partial charge in [-0.15, -0.1) is 12.4 Å². The van der Waals surface area contributed by atoms with Crippen molar-refractivity contribution in [2.75, 3.05) is 20.2 Å². The fraction of sp³-hybridized carbons (Fsp3) is 0.421. The molecule has 2 aliphatic rings. The Kier molecular flexibility index (Phi) is 5.82. The van der Waals surface area contributed by atoms with E-state index in [-0.39, 0.29) is 35.7 Å². The summed E-state index contributed by atoms with van der Waals surface area (Å²) in [5.74, 6) is 0.822. The fourth-order valence-corrected chi connectivity index (χ4v) is 4.06. The highest BCUT2D eigenvalue weighted by molar-refractivity contribution is 5.85. The van der Waals surface area contributed by atoms with Gasteiger partial charge in [0.05, 0.1) is 7.11 Å². The Balaban J connectivity index is 0.00000210. The largest absolute Gasteiger partial charge is 0.481 e. The summed E-state index contributed by atoms with van der Waals surface area (Å²) in [6.07, 6.45) is 2.61. The Bertz CT molecular complexity index is 868. The van der Waals surface area contributed by atoms with Crippen molar-refractivity contribution in [2.24, 2.45) is 5.92 Å². The van der Waals surface area contributed by atoms with Gasteiger partial charge < -0.3 is 15.4 Å². The number of nitrogens with zero attached hydrogens (tertiary/aromatic N) is 2. The lowest BCUT2D eigenvalue weighted by molar-refractivity contribution is -0.127. The third-order valence-electron chi connectivity index (χ3n) is 5.29. The van der Waals surface area contributed by atoms with E-state index < -0.39 is 6.04 Å². The molecule has 1 fully saturated rings. The second kappa shape index (κ2) is 8.10. The van der Waals surface area contributed by atoms with Crippen LogP contribution in [0, 0.1) is 5.92 Å². The minimum absolute atomic E-state index is 0. The molecule has 1 amide bonds. The van der Waals surface area contributed by atoms with Gasteiger partial charge in [-0.3, -0.25) is 14.2 Å². The predicted octanol–water partition coefficient (Wildman–Crippen LogP) is 1.24. The number of rotatable bonds is 4. The molecule has 2 aliphatic heterocycles. The Hall–Kier alpha value is -2.38. The van der Waals surface area contributed by atoms with Crippen molar-refractivity contribution in [2.45, 2.75) is 24.9 Å². The second-order valence-electron chi connectivity index (χ2n) is 6.88. The summed E-state index contributed by atoms with van der Waals surface area (Å²) in [4.78, 5) is 29.6. The first kappa shape index (κ1) is 19.4. The number of nitrogens with one attached hydrogen (secondary N) is 2. The monoisotopic (exact) mass is 390 g/mol. The van der Waals surface area contributed by atoms with Crippen LogP contribution in [-0.4, -0.2) is 35.7 Å². The Morgan fingerprint density at radius 3 is 2.93 bits per heavy atom. The van der Waals surface area contributed by atoms with E-state index in [1.54, 1.807) is 30.0 Å². The van der Waals surface area contributed by atoms with Crippen LogP contribution in [0.2, 0.25) is 0 Å². The van der Waals surface area contributed by atoms with Crippen LogP contribution >= 0.6 is 12.4 Å². The third kappa shape index (κ3) is 3.70. The average Bonchev–Trinajstić information content (AvgIpc) is 2.68. The van der Waals surface area contributed by atoms with Gasteiger partial charge in [-0.1, -0.05) is 12.1 Å². The highest BCUT2D eigenvalue weighted by Crippen LogP contribution is 2.38. The molecule has 0 unspecified atom stereocenters. The summed E-state index contributed by atoms with van der Waals surface area (Å²) in [6.45, 7) is 1.97. The SMILES string of the molecule is COc1ccc(CNC(=O)[C@H]2[C@@H]3CNC[C@@H](C3)c3cccc(=O)n32)cn1.Cl. The molecule has 0 radical (unpaired) electrons. The van der Waals surface area contributed by atoms with Gasteiger partial charge >= 0.3 is 0 Å². The van der Waals surface area contributed by atoms with Crippen molar-refractivity contribution < 1.29 is 9.53 Å². The summed E-state index contributed by atoms with van der Waals surface area (Å²) in [6, 6.07) is 8.42. The van der Waals surface area contributed by atoms with Crippen LogP contribution in [0.4, 0.5) is 0 Å². The molecule has 0 aliphatic carbocycles. The van der Waals surface area contributed by atoms with Crippen LogP contribution in [0.15, 0.2) is 41.3 Å². The molecule has 7 nitrogen and oxygen atoms in total. The third-order valence-corrected chi connectivity index (χ3v) is 5.29. The molecule has 4 rings (SSSR count). The maximum Gasteiger partial charge on any atom is 0.251 e. The molecule has 4 heterocycles. The minimum Gasteiger partial charge on any atom is -0.481 e. The highest BCUT2D eigenvalue weighted by atomic mass is 35.5. The van der Waals surface area contributed by atoms with Crippen molar-refractivity contribution in [3.8, 4) is 5.88 Å². The summed E-state index contributed by atoms with van der Waals surface area (Å²) in [5.41, 5.74) is 1.73. The van der Waals surface area contributed by atoms with Gasteiger partial charge in [-0.25, -0.2) is 4.98 Å². The van der Waals surface area contributed by atoms with Crippen molar-refractivity contribution in [3.63, 3.8) is 0 Å². The molecule has 2 bridgehead atoms.